The van der Waals surface area contributed by atoms with Gasteiger partial charge in [-0.3, -0.25) is 4.79 Å². The van der Waals surface area contributed by atoms with Crippen LogP contribution in [0.3, 0.4) is 0 Å². The third kappa shape index (κ3) is 12.6. The molecule has 0 aromatic heterocycles. The molecule has 69 heavy (non-hydrogen) atoms. The van der Waals surface area contributed by atoms with Crippen molar-refractivity contribution in [2.45, 2.75) is 86.6 Å². The SMILES string of the molecule is O=C(C=Cc1ccc(O)c(O)c1)O[C@H]1[C@H](O[C@@H]2OC[C@@H](O)[C@H](O)[C@H]2O)[C@@H](O)[C@H](OCCc2cc(O)c(O)cc2[C@H](CC(=O)O[C@H](Cc2ccc(O)c(O)c2)C(=O)O)c2ccc(O)c(O)c2)O[C@@H]1CO. The van der Waals surface area contributed by atoms with E-state index in [-0.39, 0.29) is 34.2 Å². The third-order valence-electron chi connectivity index (χ3n) is 11.3. The molecule has 2 aliphatic heterocycles. The summed E-state index contributed by atoms with van der Waals surface area (Å²) in [5.74, 6) is -9.40. The Morgan fingerprint density at radius 3 is 2.00 bits per heavy atom. The lowest BCUT2D eigenvalue weighted by Crippen LogP contribution is -2.64. The lowest BCUT2D eigenvalue weighted by atomic mass is 9.84. The molecule has 14 N–H and O–H groups in total. The molecule has 0 radical (unpaired) electrons. The molecular formula is C46H50O23. The van der Waals surface area contributed by atoms with Gasteiger partial charge in [0.05, 0.1) is 26.2 Å². The number of aliphatic hydroxyl groups is 5. The summed E-state index contributed by atoms with van der Waals surface area (Å²) in [6.45, 7) is -1.88. The highest BCUT2D eigenvalue weighted by Gasteiger charge is 2.51. The van der Waals surface area contributed by atoms with Crippen LogP contribution in [0, 0.1) is 0 Å². The highest BCUT2D eigenvalue weighted by Crippen LogP contribution is 2.40. The lowest BCUT2D eigenvalue weighted by Gasteiger charge is -2.45. The van der Waals surface area contributed by atoms with Crippen LogP contribution < -0.4 is 0 Å². The zero-order valence-corrected chi connectivity index (χ0v) is 36.0. The van der Waals surface area contributed by atoms with E-state index in [1.54, 1.807) is 0 Å². The average molecular weight is 971 g/mol. The molecule has 0 spiro atoms. The maximum absolute atomic E-state index is 13.6. The summed E-state index contributed by atoms with van der Waals surface area (Å²) in [4.78, 5) is 38.9. The predicted octanol–water partition coefficient (Wildman–Crippen LogP) is 0.179. The highest BCUT2D eigenvalue weighted by atomic mass is 16.7. The summed E-state index contributed by atoms with van der Waals surface area (Å²) in [5.41, 5.74) is 0.792. The zero-order valence-electron chi connectivity index (χ0n) is 36.0. The van der Waals surface area contributed by atoms with Crippen molar-refractivity contribution in [1.82, 2.24) is 0 Å². The maximum atomic E-state index is 13.6. The topological polar surface area (TPSA) is 390 Å². The Kier molecular flexibility index (Phi) is 16.7. The van der Waals surface area contributed by atoms with E-state index >= 15 is 0 Å². The van der Waals surface area contributed by atoms with Gasteiger partial charge in [0.1, 0.15) is 36.6 Å². The normalized spacial score (nSPS) is 24.6. The number of carboxylic acids is 1. The Morgan fingerprint density at radius 2 is 1.35 bits per heavy atom. The summed E-state index contributed by atoms with van der Waals surface area (Å²) < 4.78 is 33.8. The molecule has 0 unspecified atom stereocenters. The number of carbonyl (C=O) groups excluding carboxylic acids is 2. The maximum Gasteiger partial charge on any atom is 0.345 e. The van der Waals surface area contributed by atoms with E-state index in [0.717, 1.165) is 54.6 Å². The fourth-order valence-corrected chi connectivity index (χ4v) is 7.60. The van der Waals surface area contributed by atoms with Gasteiger partial charge in [-0.15, -0.1) is 0 Å². The molecular weight excluding hydrogens is 920 g/mol. The number of aliphatic hydroxyl groups excluding tert-OH is 5. The Morgan fingerprint density at radius 1 is 0.710 bits per heavy atom. The van der Waals surface area contributed by atoms with Crippen LogP contribution in [0.4, 0.5) is 0 Å². The largest absolute Gasteiger partial charge is 0.504 e. The van der Waals surface area contributed by atoms with Crippen LogP contribution in [0.25, 0.3) is 6.08 Å². The molecule has 6 rings (SSSR count). The highest BCUT2D eigenvalue weighted by molar-refractivity contribution is 5.87. The molecule has 0 saturated carbocycles. The van der Waals surface area contributed by atoms with Gasteiger partial charge in [0.2, 0.25) is 6.10 Å². The van der Waals surface area contributed by atoms with E-state index in [1.807, 2.05) is 0 Å². The second-order valence-electron chi connectivity index (χ2n) is 16.1. The van der Waals surface area contributed by atoms with Crippen molar-refractivity contribution in [2.24, 2.45) is 0 Å². The molecule has 23 nitrogen and oxygen atoms in total. The van der Waals surface area contributed by atoms with Gasteiger partial charge in [-0.2, -0.15) is 0 Å². The smallest absolute Gasteiger partial charge is 0.345 e. The fraction of sp³-hybridized carbons (Fsp3) is 0.370. The molecule has 0 bridgehead atoms. The number of hydrogen-bond acceptors (Lipinski definition) is 22. The van der Waals surface area contributed by atoms with Gasteiger partial charge in [-0.1, -0.05) is 18.2 Å². The number of ether oxygens (including phenoxy) is 6. The monoisotopic (exact) mass is 970 g/mol. The number of aliphatic carboxylic acids is 1. The minimum absolute atomic E-state index is 0.0811. The number of carboxylic acid groups (broad SMARTS) is 1. The summed E-state index contributed by atoms with van der Waals surface area (Å²) >= 11 is 0. The number of rotatable bonds is 18. The van der Waals surface area contributed by atoms with Crippen molar-refractivity contribution < 1.29 is 114 Å². The molecule has 2 aliphatic rings. The Labute approximate surface area is 390 Å². The molecule has 372 valence electrons. The van der Waals surface area contributed by atoms with Gasteiger partial charge in [0.15, 0.2) is 64.7 Å². The standard InChI is InChI=1S/C46H50O23/c47-18-36-42(68-37(57)8-3-20-1-5-26(48)29(51)11-20)43(69-45-40(60)39(59)34(56)19-65-45)41(61)46(67-36)64-10-9-23-15-32(54)33(55)16-24(23)25(22-4-7-28(50)31(53)14-22)17-38(58)66-35(44(62)63)13-21-2-6-27(49)30(52)12-21/h1-8,11-12,14-16,25,34-36,39-43,45-56,59-61H,9-10,13,17-19H2,(H,62,63)/t25-,34-,35-,36-,39+,40-,41-,42-,43-,45+,46-/m1/s1. The number of esters is 2. The third-order valence-corrected chi connectivity index (χ3v) is 11.3. The second-order valence-corrected chi connectivity index (χ2v) is 16.1. The van der Waals surface area contributed by atoms with Crippen molar-refractivity contribution in [3.63, 3.8) is 0 Å². The van der Waals surface area contributed by atoms with Crippen LogP contribution in [0.5, 0.6) is 46.0 Å². The number of aromatic hydroxyl groups is 8. The summed E-state index contributed by atoms with van der Waals surface area (Å²) in [6.07, 6.45) is -16.7. The molecule has 2 heterocycles. The van der Waals surface area contributed by atoms with Gasteiger partial charge in [0, 0.05) is 18.4 Å². The zero-order chi connectivity index (χ0) is 50.3. The van der Waals surface area contributed by atoms with E-state index in [9.17, 15) is 85.9 Å². The van der Waals surface area contributed by atoms with Gasteiger partial charge in [-0.05, 0) is 88.8 Å². The quantitative estimate of drug-likeness (QED) is 0.0359. The van der Waals surface area contributed by atoms with E-state index in [4.69, 9.17) is 28.4 Å². The van der Waals surface area contributed by atoms with Gasteiger partial charge in [-0.25, -0.2) is 9.59 Å². The molecule has 4 aromatic rings. The summed E-state index contributed by atoms with van der Waals surface area (Å²) in [6, 6.07) is 12.9. The minimum atomic E-state index is -1.95. The van der Waals surface area contributed by atoms with E-state index in [1.165, 1.54) is 24.3 Å². The molecule has 2 saturated heterocycles. The van der Waals surface area contributed by atoms with Crippen molar-refractivity contribution in [2.75, 3.05) is 19.8 Å². The van der Waals surface area contributed by atoms with Gasteiger partial charge in [0.25, 0.3) is 0 Å². The molecule has 0 aliphatic carbocycles. The summed E-state index contributed by atoms with van der Waals surface area (Å²) in [5, 5.41) is 144. The van der Waals surface area contributed by atoms with Crippen molar-refractivity contribution in [3.8, 4) is 46.0 Å². The number of phenols is 8. The second kappa shape index (κ2) is 22.5. The molecule has 4 aromatic carbocycles. The van der Waals surface area contributed by atoms with E-state index in [0.29, 0.717) is 0 Å². The van der Waals surface area contributed by atoms with Gasteiger partial charge >= 0.3 is 17.9 Å². The van der Waals surface area contributed by atoms with Crippen LogP contribution in [0.2, 0.25) is 0 Å². The van der Waals surface area contributed by atoms with Crippen LogP contribution in [-0.4, -0.2) is 171 Å². The van der Waals surface area contributed by atoms with E-state index < -0.39 is 164 Å². The molecule has 23 heteroatoms. The van der Waals surface area contributed by atoms with Crippen LogP contribution in [0.1, 0.15) is 40.2 Å². The van der Waals surface area contributed by atoms with Crippen LogP contribution in [-0.2, 0) is 55.6 Å². The molecule has 11 atom stereocenters. The van der Waals surface area contributed by atoms with Gasteiger partial charge < -0.3 is 99.9 Å². The number of carbonyl (C=O) groups is 3. The first-order chi connectivity index (χ1) is 32.7. The van der Waals surface area contributed by atoms with Crippen LogP contribution >= 0.6 is 0 Å². The predicted molar refractivity (Wildman–Crippen MR) is 230 cm³/mol. The number of hydrogen-bond donors (Lipinski definition) is 14. The number of phenolic OH excluding ortho intramolecular Hbond substituents is 8. The Balaban J connectivity index is 1.24. The number of benzene rings is 4. The summed E-state index contributed by atoms with van der Waals surface area (Å²) in [7, 11) is 0. The molecule has 2 fully saturated rings. The molecule has 0 amide bonds. The average Bonchev–Trinajstić information content (AvgIpc) is 3.30. The van der Waals surface area contributed by atoms with Crippen molar-refractivity contribution >= 4 is 24.0 Å². The Bertz CT molecular complexity index is 2490. The first-order valence-corrected chi connectivity index (χ1v) is 21.0. The fourth-order valence-electron chi connectivity index (χ4n) is 7.60. The minimum Gasteiger partial charge on any atom is -0.504 e. The van der Waals surface area contributed by atoms with Crippen molar-refractivity contribution in [1.29, 1.82) is 0 Å². The first kappa shape index (κ1) is 51.5. The first-order valence-electron chi connectivity index (χ1n) is 21.0. The Hall–Kier alpha value is -6.93. The van der Waals surface area contributed by atoms with Crippen LogP contribution in [0.15, 0.2) is 72.8 Å². The van der Waals surface area contributed by atoms with E-state index in [2.05, 4.69) is 0 Å². The lowest BCUT2D eigenvalue weighted by molar-refractivity contribution is -0.349. The van der Waals surface area contributed by atoms with Crippen molar-refractivity contribution in [3.05, 3.63) is 101 Å².